The molecule has 1 aromatic rings. The Morgan fingerprint density at radius 3 is 1.00 bits per heavy atom. The minimum Gasteiger partial charge on any atom is -0.379 e. The molecule has 0 fully saturated rings. The minimum atomic E-state index is 0.750. The average molecular weight is 211 g/mol. The number of isocyanates is 2. The number of benzene rings is 1. The zero-order valence-corrected chi connectivity index (χ0v) is 7.58. The molecule has 0 spiro atoms. The molecule has 0 aliphatic carbocycles. The van der Waals surface area contributed by atoms with E-state index in [1.165, 1.54) is 5.34 Å². The van der Waals surface area contributed by atoms with E-state index in [4.69, 9.17) is 30.5 Å². The van der Waals surface area contributed by atoms with Crippen LogP contribution in [-0.2, 0) is 9.59 Å². The van der Waals surface area contributed by atoms with Crippen molar-refractivity contribution in [3.63, 3.8) is 0 Å². The van der Waals surface area contributed by atoms with Crippen molar-refractivity contribution in [3.8, 4) is 0 Å². The molecule has 0 amide bonds. The van der Waals surface area contributed by atoms with Gasteiger partial charge in [-0.1, -0.05) is 36.4 Å². The summed E-state index contributed by atoms with van der Waals surface area (Å²) in [5.41, 5.74) is 0. The summed E-state index contributed by atoms with van der Waals surface area (Å²) in [5, 5.41) is 18.7. The zero-order chi connectivity index (χ0) is 12.4. The Kier molecular flexibility index (Phi) is 36.6. The lowest BCUT2D eigenvalue weighted by molar-refractivity contribution is 0.312. The number of rotatable bonds is 0. The highest BCUT2D eigenvalue weighted by Gasteiger charge is 1.57. The Morgan fingerprint density at radius 1 is 0.867 bits per heavy atom. The van der Waals surface area contributed by atoms with E-state index in [-0.39, 0.29) is 0 Å². The molecule has 3 N–H and O–H groups in total. The molecule has 1 rings (SSSR count). The summed E-state index contributed by atoms with van der Waals surface area (Å²) in [6, 6.07) is 12.0. The molecule has 0 aliphatic rings. The lowest BCUT2D eigenvalue weighted by Gasteiger charge is -1.69. The molecule has 0 saturated heterocycles. The van der Waals surface area contributed by atoms with Crippen molar-refractivity contribution in [2.24, 2.45) is 5.34 Å². The van der Waals surface area contributed by atoms with E-state index >= 15 is 0 Å². The summed E-state index contributed by atoms with van der Waals surface area (Å²) in [4.78, 5) is 24.8. The number of hydrogen-bond donors (Lipinski definition) is 3. The van der Waals surface area contributed by atoms with Crippen LogP contribution in [0.2, 0.25) is 0 Å². The van der Waals surface area contributed by atoms with E-state index in [0.29, 0.717) is 0 Å². The van der Waals surface area contributed by atoms with Gasteiger partial charge in [-0.2, -0.15) is 0 Å². The molecule has 0 radical (unpaired) electrons. The number of hydrogen-bond acceptors (Lipinski definition) is 6. The predicted octanol–water partition coefficient (Wildman–Crippen LogP) is 1.63. The van der Waals surface area contributed by atoms with Crippen molar-refractivity contribution in [2.75, 3.05) is 0 Å². The standard InChI is InChI=1S/C6H6.2CHNO.HNO2/c1-2-4-6-5-3-1;3*2-1-3/h1-6H;2*2H;(H,2,3). The van der Waals surface area contributed by atoms with Gasteiger partial charge in [0.1, 0.15) is 0 Å². The Labute approximate surface area is 85.3 Å². The van der Waals surface area contributed by atoms with Crippen LogP contribution in [-0.4, -0.2) is 17.4 Å². The van der Waals surface area contributed by atoms with E-state index in [0.717, 1.165) is 12.2 Å². The molecule has 7 heteroatoms. The number of nitrogens with one attached hydrogen (secondary N) is 2. The van der Waals surface area contributed by atoms with Crippen LogP contribution < -0.4 is 0 Å². The Morgan fingerprint density at radius 2 is 0.933 bits per heavy atom. The quantitative estimate of drug-likeness (QED) is 0.260. The van der Waals surface area contributed by atoms with Crippen molar-refractivity contribution < 1.29 is 14.8 Å². The predicted molar refractivity (Wildman–Crippen MR) is 50.8 cm³/mol. The third-order valence-corrected chi connectivity index (χ3v) is 0.667. The maximum absolute atomic E-state index is 8.35. The molecule has 0 heterocycles. The van der Waals surface area contributed by atoms with Crippen LogP contribution in [0.15, 0.2) is 41.7 Å². The summed E-state index contributed by atoms with van der Waals surface area (Å²) in [5.74, 6) is 0. The van der Waals surface area contributed by atoms with Gasteiger partial charge >= 0.3 is 0 Å². The lowest BCUT2D eigenvalue weighted by atomic mass is 10.4. The Balaban J connectivity index is -0.000000140. The maximum Gasteiger partial charge on any atom is 0.231 e. The van der Waals surface area contributed by atoms with Crippen LogP contribution in [0.25, 0.3) is 0 Å². The van der Waals surface area contributed by atoms with Crippen molar-refractivity contribution in [1.29, 1.82) is 10.8 Å². The average Bonchev–Trinajstić information content (AvgIpc) is 2.24. The van der Waals surface area contributed by atoms with Gasteiger partial charge in [-0.15, -0.1) is 4.91 Å². The molecule has 1 aromatic carbocycles. The second kappa shape index (κ2) is 30.1. The smallest absolute Gasteiger partial charge is 0.231 e. The fourth-order valence-electron chi connectivity index (χ4n) is 0.385. The minimum absolute atomic E-state index is 0.750. The van der Waals surface area contributed by atoms with Gasteiger partial charge in [0.05, 0.1) is 0 Å². The molecule has 80 valence electrons. The first-order valence-electron chi connectivity index (χ1n) is 3.29. The van der Waals surface area contributed by atoms with Gasteiger partial charge in [0, 0.05) is 0 Å². The molecular formula is C8H9N3O4. The van der Waals surface area contributed by atoms with Crippen LogP contribution in [0, 0.1) is 15.7 Å². The van der Waals surface area contributed by atoms with E-state index in [1.54, 1.807) is 0 Å². The normalized spacial score (nSPS) is 5.07. The molecule has 0 bridgehead atoms. The van der Waals surface area contributed by atoms with E-state index in [9.17, 15) is 0 Å². The summed E-state index contributed by atoms with van der Waals surface area (Å²) >= 11 is 0. The van der Waals surface area contributed by atoms with Crippen LogP contribution in [0.1, 0.15) is 0 Å². The topological polar surface area (TPSA) is 132 Å². The molecule has 0 aliphatic heterocycles. The third kappa shape index (κ3) is 87.6. The molecule has 0 saturated carbocycles. The first-order chi connectivity index (χ1) is 7.24. The van der Waals surface area contributed by atoms with Gasteiger partial charge in [-0.05, 0) is 0 Å². The largest absolute Gasteiger partial charge is 0.379 e. The Hall–Kier alpha value is -2.62. The van der Waals surface area contributed by atoms with Gasteiger partial charge < -0.3 is 5.21 Å². The molecule has 0 aromatic heterocycles. The maximum atomic E-state index is 8.35. The molecule has 0 atom stereocenters. The van der Waals surface area contributed by atoms with Crippen LogP contribution in [0.5, 0.6) is 0 Å². The monoisotopic (exact) mass is 211 g/mol. The third-order valence-electron chi connectivity index (χ3n) is 0.667. The van der Waals surface area contributed by atoms with Crippen molar-refractivity contribution in [3.05, 3.63) is 41.3 Å². The number of nitrogens with zero attached hydrogens (tertiary/aromatic N) is 1. The lowest BCUT2D eigenvalue weighted by Crippen LogP contribution is -1.47. The van der Waals surface area contributed by atoms with E-state index < -0.39 is 0 Å². The van der Waals surface area contributed by atoms with Crippen molar-refractivity contribution >= 4 is 12.2 Å². The van der Waals surface area contributed by atoms with Gasteiger partial charge in [-0.25, -0.2) is 20.4 Å². The highest BCUT2D eigenvalue weighted by molar-refractivity contribution is 5.26. The van der Waals surface area contributed by atoms with Gasteiger partial charge in [-0.3, -0.25) is 0 Å². The van der Waals surface area contributed by atoms with Crippen LogP contribution >= 0.6 is 0 Å². The summed E-state index contributed by atoms with van der Waals surface area (Å²) < 4.78 is 0. The fraction of sp³-hybridized carbons (Fsp3) is 0. The van der Waals surface area contributed by atoms with E-state index in [1.807, 2.05) is 36.4 Å². The molecule has 7 nitrogen and oxygen atoms in total. The summed E-state index contributed by atoms with van der Waals surface area (Å²) in [7, 11) is 0. The first kappa shape index (κ1) is 18.2. The highest BCUT2D eigenvalue weighted by atomic mass is 16.6. The second-order valence-corrected chi connectivity index (χ2v) is 1.44. The van der Waals surface area contributed by atoms with Crippen LogP contribution in [0.4, 0.5) is 0 Å². The fourth-order valence-corrected chi connectivity index (χ4v) is 0.385. The SMILES string of the molecule is N=C=O.N=C=O.O=NO.c1ccccc1. The second-order valence-electron chi connectivity index (χ2n) is 1.44. The van der Waals surface area contributed by atoms with Crippen molar-refractivity contribution in [2.45, 2.75) is 0 Å². The van der Waals surface area contributed by atoms with Crippen LogP contribution in [0.3, 0.4) is 0 Å². The summed E-state index contributed by atoms with van der Waals surface area (Å²) in [6.07, 6.45) is 1.50. The first-order valence-corrected chi connectivity index (χ1v) is 3.29. The molecule has 15 heavy (non-hydrogen) atoms. The molecule has 0 unspecified atom stereocenters. The van der Waals surface area contributed by atoms with Gasteiger partial charge in [0.2, 0.25) is 12.2 Å². The Bertz CT molecular complexity index is 238. The highest BCUT2D eigenvalue weighted by Crippen LogP contribution is 1.79. The van der Waals surface area contributed by atoms with Gasteiger partial charge in [0.25, 0.3) is 0 Å². The summed E-state index contributed by atoms with van der Waals surface area (Å²) in [6.45, 7) is 0. The molecular weight excluding hydrogens is 202 g/mol. The van der Waals surface area contributed by atoms with Gasteiger partial charge in [0.15, 0.2) is 5.34 Å². The zero-order valence-electron chi connectivity index (χ0n) is 7.58. The number of carbonyl (C=O) groups excluding carboxylic acids is 2. The van der Waals surface area contributed by atoms with E-state index in [2.05, 4.69) is 0 Å². The van der Waals surface area contributed by atoms with Crippen molar-refractivity contribution in [1.82, 2.24) is 0 Å².